The Balaban J connectivity index is 1.99. The topological polar surface area (TPSA) is 53.5 Å². The first-order valence-corrected chi connectivity index (χ1v) is 7.63. The van der Waals surface area contributed by atoms with Crippen LogP contribution in [-0.2, 0) is 32.4 Å². The fourth-order valence-electron chi connectivity index (χ4n) is 2.67. The molecule has 0 aliphatic heterocycles. The number of alkyl halides is 1. The average Bonchev–Trinajstić information content (AvgIpc) is 3.12. The van der Waals surface area contributed by atoms with Crippen LogP contribution in [0, 0.1) is 6.92 Å². The highest BCUT2D eigenvalue weighted by molar-refractivity contribution is 6.16. The van der Waals surface area contributed by atoms with Crippen LogP contribution in [0.5, 0.6) is 0 Å². The second-order valence-corrected chi connectivity index (χ2v) is 5.43. The van der Waals surface area contributed by atoms with Gasteiger partial charge in [0.25, 0.3) is 0 Å². The Kier molecular flexibility index (Phi) is 3.71. The predicted octanol–water partition coefficient (Wildman–Crippen LogP) is 2.28. The van der Waals surface area contributed by atoms with E-state index in [0.717, 1.165) is 42.2 Å². The lowest BCUT2D eigenvalue weighted by Gasteiger charge is -2.08. The fourth-order valence-corrected chi connectivity index (χ4v) is 2.87. The molecule has 3 aromatic heterocycles. The largest absolute Gasteiger partial charge is 0.312 e. The molecule has 3 heterocycles. The van der Waals surface area contributed by atoms with Gasteiger partial charge in [0.05, 0.1) is 17.8 Å². The summed E-state index contributed by atoms with van der Waals surface area (Å²) in [6.45, 7) is 5.73. The smallest absolute Gasteiger partial charge is 0.158 e. The van der Waals surface area contributed by atoms with Gasteiger partial charge in [0.15, 0.2) is 5.65 Å². The van der Waals surface area contributed by atoms with Crippen molar-refractivity contribution in [2.75, 3.05) is 0 Å². The average molecular weight is 307 g/mol. The SMILES string of the molecule is CCn1nc(C)c2nc(CCl)n(CCc3cnn(C)c3)c21. The van der Waals surface area contributed by atoms with E-state index >= 15 is 0 Å². The van der Waals surface area contributed by atoms with Crippen LogP contribution < -0.4 is 0 Å². The normalized spacial score (nSPS) is 11.6. The van der Waals surface area contributed by atoms with Gasteiger partial charge in [0.1, 0.15) is 11.3 Å². The molecule has 0 bridgehead atoms. The molecule has 0 radical (unpaired) electrons. The summed E-state index contributed by atoms with van der Waals surface area (Å²) in [4.78, 5) is 4.64. The second-order valence-electron chi connectivity index (χ2n) is 5.16. The molecule has 0 atom stereocenters. The summed E-state index contributed by atoms with van der Waals surface area (Å²) >= 11 is 6.06. The van der Waals surface area contributed by atoms with Gasteiger partial charge < -0.3 is 4.57 Å². The molecule has 21 heavy (non-hydrogen) atoms. The third kappa shape index (κ3) is 2.44. The van der Waals surface area contributed by atoms with Gasteiger partial charge in [-0.05, 0) is 25.8 Å². The van der Waals surface area contributed by atoms with Gasteiger partial charge in [-0.25, -0.2) is 9.67 Å². The number of aromatic nitrogens is 6. The molecule has 0 aliphatic rings. The Bertz CT molecular complexity index is 766. The number of rotatable bonds is 5. The molecule has 0 unspecified atom stereocenters. The highest BCUT2D eigenvalue weighted by Gasteiger charge is 2.17. The van der Waals surface area contributed by atoms with Gasteiger partial charge >= 0.3 is 0 Å². The number of halogens is 1. The van der Waals surface area contributed by atoms with E-state index in [1.54, 1.807) is 0 Å². The van der Waals surface area contributed by atoms with Crippen molar-refractivity contribution in [3.05, 3.63) is 29.5 Å². The van der Waals surface area contributed by atoms with E-state index in [1.165, 1.54) is 5.56 Å². The van der Waals surface area contributed by atoms with E-state index in [0.29, 0.717) is 5.88 Å². The molecule has 0 spiro atoms. The number of hydrogen-bond acceptors (Lipinski definition) is 3. The molecule has 0 saturated heterocycles. The van der Waals surface area contributed by atoms with E-state index in [9.17, 15) is 0 Å². The summed E-state index contributed by atoms with van der Waals surface area (Å²) in [5.74, 6) is 1.31. The summed E-state index contributed by atoms with van der Waals surface area (Å²) in [6, 6.07) is 0. The first-order valence-electron chi connectivity index (χ1n) is 7.10. The van der Waals surface area contributed by atoms with Crippen LogP contribution in [0.3, 0.4) is 0 Å². The van der Waals surface area contributed by atoms with Crippen molar-refractivity contribution in [1.29, 1.82) is 0 Å². The number of imidazole rings is 1. The van der Waals surface area contributed by atoms with Gasteiger partial charge in [-0.3, -0.25) is 4.68 Å². The molecule has 0 N–H and O–H groups in total. The highest BCUT2D eigenvalue weighted by atomic mass is 35.5. The standard InChI is InChI=1S/C14H19ClN6/c1-4-21-14-13(10(2)18-21)17-12(7-15)20(14)6-5-11-8-16-19(3)9-11/h8-9H,4-7H2,1-3H3. The summed E-state index contributed by atoms with van der Waals surface area (Å²) in [7, 11) is 1.93. The zero-order chi connectivity index (χ0) is 15.0. The van der Waals surface area contributed by atoms with Gasteiger partial charge in [0.2, 0.25) is 0 Å². The van der Waals surface area contributed by atoms with Crippen LogP contribution in [0.1, 0.15) is 24.0 Å². The molecule has 0 amide bonds. The molecule has 0 aromatic carbocycles. The van der Waals surface area contributed by atoms with Crippen LogP contribution in [0.25, 0.3) is 11.2 Å². The summed E-state index contributed by atoms with van der Waals surface area (Å²) in [5, 5.41) is 8.74. The highest BCUT2D eigenvalue weighted by Crippen LogP contribution is 2.21. The zero-order valence-electron chi connectivity index (χ0n) is 12.5. The first-order chi connectivity index (χ1) is 10.1. The molecule has 7 heteroatoms. The minimum atomic E-state index is 0.408. The van der Waals surface area contributed by atoms with Crippen LogP contribution in [0.15, 0.2) is 12.4 Å². The van der Waals surface area contributed by atoms with Crippen molar-refractivity contribution < 1.29 is 0 Å². The lowest BCUT2D eigenvalue weighted by Crippen LogP contribution is -2.09. The van der Waals surface area contributed by atoms with E-state index in [2.05, 4.69) is 26.7 Å². The van der Waals surface area contributed by atoms with Crippen molar-refractivity contribution in [1.82, 2.24) is 29.1 Å². The minimum Gasteiger partial charge on any atom is -0.312 e. The molecule has 3 rings (SSSR count). The Labute approximate surface area is 128 Å². The van der Waals surface area contributed by atoms with Gasteiger partial charge in [-0.1, -0.05) is 0 Å². The van der Waals surface area contributed by atoms with Gasteiger partial charge in [-0.2, -0.15) is 10.2 Å². The molecule has 0 aliphatic carbocycles. The molecule has 0 fully saturated rings. The third-order valence-corrected chi connectivity index (χ3v) is 3.92. The van der Waals surface area contributed by atoms with Crippen molar-refractivity contribution in [3.8, 4) is 0 Å². The monoisotopic (exact) mass is 306 g/mol. The van der Waals surface area contributed by atoms with Crippen LogP contribution >= 0.6 is 11.6 Å². The van der Waals surface area contributed by atoms with Crippen molar-refractivity contribution in [2.24, 2.45) is 7.05 Å². The summed E-state index contributed by atoms with van der Waals surface area (Å²) in [6.07, 6.45) is 4.84. The lowest BCUT2D eigenvalue weighted by atomic mass is 10.2. The fraction of sp³-hybridized carbons (Fsp3) is 0.500. The Morgan fingerprint density at radius 2 is 2.14 bits per heavy atom. The Morgan fingerprint density at radius 1 is 1.33 bits per heavy atom. The van der Waals surface area contributed by atoms with E-state index < -0.39 is 0 Å². The summed E-state index contributed by atoms with van der Waals surface area (Å²) < 4.78 is 6.00. The maximum atomic E-state index is 6.06. The molecule has 6 nitrogen and oxygen atoms in total. The number of aryl methyl sites for hydroxylation is 5. The predicted molar refractivity (Wildman–Crippen MR) is 82.4 cm³/mol. The van der Waals surface area contributed by atoms with Crippen LogP contribution in [0.4, 0.5) is 0 Å². The zero-order valence-corrected chi connectivity index (χ0v) is 13.3. The summed E-state index contributed by atoms with van der Waals surface area (Å²) in [5.41, 5.74) is 4.19. The number of hydrogen-bond donors (Lipinski definition) is 0. The molecular weight excluding hydrogens is 288 g/mol. The number of fused-ring (bicyclic) bond motifs is 1. The van der Waals surface area contributed by atoms with Crippen molar-refractivity contribution in [2.45, 2.75) is 39.2 Å². The first kappa shape index (κ1) is 14.1. The minimum absolute atomic E-state index is 0.408. The Morgan fingerprint density at radius 3 is 2.76 bits per heavy atom. The second kappa shape index (κ2) is 5.52. The van der Waals surface area contributed by atoms with E-state index in [1.807, 2.05) is 35.7 Å². The third-order valence-electron chi connectivity index (χ3n) is 3.68. The molecular formula is C14H19ClN6. The van der Waals surface area contributed by atoms with Gasteiger partial charge in [0, 0.05) is 26.3 Å². The Hall–Kier alpha value is -1.82. The van der Waals surface area contributed by atoms with Crippen LogP contribution in [-0.4, -0.2) is 29.1 Å². The van der Waals surface area contributed by atoms with Crippen molar-refractivity contribution in [3.63, 3.8) is 0 Å². The van der Waals surface area contributed by atoms with E-state index in [-0.39, 0.29) is 0 Å². The lowest BCUT2D eigenvalue weighted by molar-refractivity contribution is 0.616. The molecule has 112 valence electrons. The molecule has 3 aromatic rings. The van der Waals surface area contributed by atoms with Gasteiger partial charge in [-0.15, -0.1) is 11.6 Å². The van der Waals surface area contributed by atoms with E-state index in [4.69, 9.17) is 11.6 Å². The van der Waals surface area contributed by atoms with Crippen LogP contribution in [0.2, 0.25) is 0 Å². The molecule has 0 saturated carbocycles. The maximum Gasteiger partial charge on any atom is 0.158 e. The quantitative estimate of drug-likeness (QED) is 0.680. The maximum absolute atomic E-state index is 6.06. The van der Waals surface area contributed by atoms with Crippen molar-refractivity contribution >= 4 is 22.8 Å². The number of nitrogens with zero attached hydrogens (tertiary/aromatic N) is 6.